The minimum Gasteiger partial charge on any atom is -0.342 e. The number of carbonyl (C=O) groups is 1. The van der Waals surface area contributed by atoms with Gasteiger partial charge in [-0.05, 0) is 33.1 Å². The first-order valence-corrected chi connectivity index (χ1v) is 6.55. The molecule has 0 saturated carbocycles. The van der Waals surface area contributed by atoms with E-state index in [0.717, 1.165) is 13.0 Å². The summed E-state index contributed by atoms with van der Waals surface area (Å²) < 4.78 is 0. The van der Waals surface area contributed by atoms with Gasteiger partial charge >= 0.3 is 0 Å². The molecule has 0 spiro atoms. The summed E-state index contributed by atoms with van der Waals surface area (Å²) in [6, 6.07) is 3.88. The third-order valence-electron chi connectivity index (χ3n) is 2.84. The topological polar surface area (TPSA) is 66.7 Å². The maximum absolute atomic E-state index is 12.2. The van der Waals surface area contributed by atoms with Crippen LogP contribution in [0.25, 0.3) is 0 Å². The number of hydrogen-bond acceptors (Lipinski definition) is 4. The number of benzene rings is 1. The summed E-state index contributed by atoms with van der Waals surface area (Å²) in [4.78, 5) is 25.9. The van der Waals surface area contributed by atoms with Crippen molar-refractivity contribution in [1.29, 1.82) is 0 Å². The summed E-state index contributed by atoms with van der Waals surface area (Å²) in [6.45, 7) is 1.48. The molecule has 0 saturated heterocycles. The van der Waals surface area contributed by atoms with Crippen LogP contribution >= 0.6 is 11.6 Å². The van der Waals surface area contributed by atoms with Gasteiger partial charge in [-0.1, -0.05) is 11.6 Å². The second-order valence-electron chi connectivity index (χ2n) is 4.80. The Morgan fingerprint density at radius 1 is 1.30 bits per heavy atom. The van der Waals surface area contributed by atoms with Crippen molar-refractivity contribution < 1.29 is 9.72 Å². The summed E-state index contributed by atoms with van der Waals surface area (Å²) in [5.41, 5.74) is 0.159. The lowest BCUT2D eigenvalue weighted by Gasteiger charge is -2.19. The fourth-order valence-electron chi connectivity index (χ4n) is 1.72. The molecule has 0 heterocycles. The second kappa shape index (κ2) is 7.21. The molecule has 0 bridgehead atoms. The number of halogens is 1. The molecule has 1 amide bonds. The maximum Gasteiger partial charge on any atom is 0.270 e. The first-order valence-electron chi connectivity index (χ1n) is 6.17. The number of hydrogen-bond donors (Lipinski definition) is 0. The zero-order valence-corrected chi connectivity index (χ0v) is 12.6. The summed E-state index contributed by atoms with van der Waals surface area (Å²) in [5, 5.41) is 10.7. The Morgan fingerprint density at radius 2 is 1.95 bits per heavy atom. The van der Waals surface area contributed by atoms with Gasteiger partial charge in [-0.3, -0.25) is 14.9 Å². The quantitative estimate of drug-likeness (QED) is 0.597. The Hall–Kier alpha value is -1.66. The van der Waals surface area contributed by atoms with Crippen LogP contribution in [0.2, 0.25) is 5.02 Å². The van der Waals surface area contributed by atoms with Gasteiger partial charge in [-0.25, -0.2) is 0 Å². The van der Waals surface area contributed by atoms with E-state index >= 15 is 0 Å². The Kier molecular flexibility index (Phi) is 5.91. The minimum atomic E-state index is -0.541. The predicted octanol–water partition coefficient (Wildman–Crippen LogP) is 2.27. The average Bonchev–Trinajstić information content (AvgIpc) is 2.37. The van der Waals surface area contributed by atoms with E-state index in [1.807, 2.05) is 19.0 Å². The molecule has 110 valence electrons. The molecule has 0 radical (unpaired) electrons. The van der Waals surface area contributed by atoms with Crippen LogP contribution in [0.4, 0.5) is 5.69 Å². The van der Waals surface area contributed by atoms with Crippen molar-refractivity contribution in [3.8, 4) is 0 Å². The van der Waals surface area contributed by atoms with Gasteiger partial charge in [0.1, 0.15) is 0 Å². The predicted molar refractivity (Wildman–Crippen MR) is 78.2 cm³/mol. The van der Waals surface area contributed by atoms with E-state index in [-0.39, 0.29) is 22.2 Å². The molecule has 0 aliphatic carbocycles. The Balaban J connectivity index is 2.74. The van der Waals surface area contributed by atoms with E-state index in [0.29, 0.717) is 6.54 Å². The van der Waals surface area contributed by atoms with Gasteiger partial charge in [-0.15, -0.1) is 0 Å². The van der Waals surface area contributed by atoms with Crippen molar-refractivity contribution in [2.45, 2.75) is 6.42 Å². The zero-order chi connectivity index (χ0) is 15.3. The summed E-state index contributed by atoms with van der Waals surface area (Å²) in [5.74, 6) is -0.233. The van der Waals surface area contributed by atoms with Gasteiger partial charge in [0.2, 0.25) is 0 Å². The van der Waals surface area contributed by atoms with E-state index in [4.69, 9.17) is 11.6 Å². The van der Waals surface area contributed by atoms with Crippen molar-refractivity contribution >= 4 is 23.2 Å². The molecule has 1 rings (SSSR count). The lowest BCUT2D eigenvalue weighted by atomic mass is 10.2. The smallest absolute Gasteiger partial charge is 0.270 e. The summed E-state index contributed by atoms with van der Waals surface area (Å²) in [6.07, 6.45) is 0.847. The number of nitro groups is 1. The van der Waals surface area contributed by atoms with E-state index in [1.165, 1.54) is 18.2 Å². The fourth-order valence-corrected chi connectivity index (χ4v) is 1.98. The molecule has 7 heteroatoms. The van der Waals surface area contributed by atoms with E-state index in [2.05, 4.69) is 0 Å². The third-order valence-corrected chi connectivity index (χ3v) is 3.15. The molecule has 0 N–H and O–H groups in total. The SMILES string of the molecule is CN(C)CCCN(C)C(=O)c1ccc([N+](=O)[O-])cc1Cl. The Morgan fingerprint density at radius 3 is 2.45 bits per heavy atom. The van der Waals surface area contributed by atoms with Crippen LogP contribution in [0.5, 0.6) is 0 Å². The monoisotopic (exact) mass is 299 g/mol. The molecule has 0 fully saturated rings. The van der Waals surface area contributed by atoms with Crippen molar-refractivity contribution in [3.63, 3.8) is 0 Å². The van der Waals surface area contributed by atoms with Crippen molar-refractivity contribution in [1.82, 2.24) is 9.80 Å². The van der Waals surface area contributed by atoms with Crippen molar-refractivity contribution in [2.75, 3.05) is 34.2 Å². The lowest BCUT2D eigenvalue weighted by Crippen LogP contribution is -2.30. The highest BCUT2D eigenvalue weighted by molar-refractivity contribution is 6.34. The number of nitro benzene ring substituents is 1. The molecule has 20 heavy (non-hydrogen) atoms. The first kappa shape index (κ1) is 16.4. The molecule has 6 nitrogen and oxygen atoms in total. The lowest BCUT2D eigenvalue weighted by molar-refractivity contribution is -0.384. The standard InChI is InChI=1S/C13H18ClN3O3/c1-15(2)7-4-8-16(3)13(18)11-6-5-10(17(19)20)9-12(11)14/h5-6,9H,4,7-8H2,1-3H3. The molecular formula is C13H18ClN3O3. The molecule has 0 atom stereocenters. The number of nitrogens with zero attached hydrogens (tertiary/aromatic N) is 3. The van der Waals surface area contributed by atoms with Crippen molar-refractivity contribution in [2.24, 2.45) is 0 Å². The van der Waals surface area contributed by atoms with E-state index in [9.17, 15) is 14.9 Å². The van der Waals surface area contributed by atoms with Crippen LogP contribution < -0.4 is 0 Å². The highest BCUT2D eigenvalue weighted by Gasteiger charge is 2.17. The first-order chi connectivity index (χ1) is 9.32. The fraction of sp³-hybridized carbons (Fsp3) is 0.462. The van der Waals surface area contributed by atoms with Crippen LogP contribution in [0.3, 0.4) is 0 Å². The molecular weight excluding hydrogens is 282 g/mol. The van der Waals surface area contributed by atoms with Gasteiger partial charge in [0.15, 0.2) is 0 Å². The summed E-state index contributed by atoms with van der Waals surface area (Å²) in [7, 11) is 5.62. The summed E-state index contributed by atoms with van der Waals surface area (Å²) >= 11 is 5.94. The minimum absolute atomic E-state index is 0.101. The molecule has 0 aromatic heterocycles. The molecule has 0 aliphatic rings. The average molecular weight is 300 g/mol. The number of rotatable bonds is 6. The Bertz CT molecular complexity index is 506. The molecule has 1 aromatic carbocycles. The number of carbonyl (C=O) groups excluding carboxylic acids is 1. The van der Waals surface area contributed by atoms with Crippen LogP contribution in [0.15, 0.2) is 18.2 Å². The van der Waals surface area contributed by atoms with E-state index < -0.39 is 4.92 Å². The van der Waals surface area contributed by atoms with Gasteiger partial charge in [0.25, 0.3) is 11.6 Å². The number of non-ortho nitro benzene ring substituents is 1. The van der Waals surface area contributed by atoms with Crippen LogP contribution in [-0.4, -0.2) is 54.9 Å². The zero-order valence-electron chi connectivity index (χ0n) is 11.8. The molecule has 0 aliphatic heterocycles. The van der Waals surface area contributed by atoms with Gasteiger partial charge in [-0.2, -0.15) is 0 Å². The highest BCUT2D eigenvalue weighted by Crippen LogP contribution is 2.23. The molecule has 1 aromatic rings. The van der Waals surface area contributed by atoms with E-state index in [1.54, 1.807) is 11.9 Å². The largest absolute Gasteiger partial charge is 0.342 e. The second-order valence-corrected chi connectivity index (χ2v) is 5.21. The van der Waals surface area contributed by atoms with Crippen LogP contribution in [0.1, 0.15) is 16.8 Å². The van der Waals surface area contributed by atoms with Gasteiger partial charge in [0.05, 0.1) is 15.5 Å². The van der Waals surface area contributed by atoms with Gasteiger partial charge < -0.3 is 9.80 Å². The highest BCUT2D eigenvalue weighted by atomic mass is 35.5. The van der Waals surface area contributed by atoms with Crippen molar-refractivity contribution in [3.05, 3.63) is 38.9 Å². The van der Waals surface area contributed by atoms with Crippen LogP contribution in [0, 0.1) is 10.1 Å². The molecule has 0 unspecified atom stereocenters. The maximum atomic E-state index is 12.2. The third kappa shape index (κ3) is 4.47. The van der Waals surface area contributed by atoms with Crippen LogP contribution in [-0.2, 0) is 0 Å². The normalized spacial score (nSPS) is 10.7. The number of amides is 1. The Labute approximate surface area is 123 Å². The van der Waals surface area contributed by atoms with Gasteiger partial charge in [0, 0.05) is 25.7 Å².